The van der Waals surface area contributed by atoms with Crippen LogP contribution in [0, 0.1) is 0 Å². The van der Waals surface area contributed by atoms with E-state index in [2.05, 4.69) is 29.1 Å². The van der Waals surface area contributed by atoms with Gasteiger partial charge < -0.3 is 5.32 Å². The number of nitrogens with one attached hydrogen (secondary N) is 1. The maximum absolute atomic E-state index is 12.9. The van der Waals surface area contributed by atoms with Crippen LogP contribution in [0.15, 0.2) is 48.9 Å². The average molecular weight is 409 g/mol. The Bertz CT molecular complexity index is 1020. The molecular weight excluding hydrogens is 384 g/mol. The molecule has 0 fully saturated rings. The molecular formula is C23H25ClN4O. The van der Waals surface area contributed by atoms with E-state index in [1.54, 1.807) is 18.3 Å². The van der Waals surface area contributed by atoms with E-state index in [1.807, 2.05) is 45.0 Å². The molecule has 2 heterocycles. The smallest absolute Gasteiger partial charge is 0.251 e. The van der Waals surface area contributed by atoms with Crippen LogP contribution >= 0.6 is 11.6 Å². The van der Waals surface area contributed by atoms with Crippen LogP contribution in [-0.4, -0.2) is 26.4 Å². The van der Waals surface area contributed by atoms with Gasteiger partial charge in [-0.25, -0.2) is 15.0 Å². The van der Waals surface area contributed by atoms with Gasteiger partial charge in [0, 0.05) is 33.4 Å². The van der Waals surface area contributed by atoms with Gasteiger partial charge in [0.25, 0.3) is 5.91 Å². The first kappa shape index (κ1) is 20.9. The number of halogens is 1. The van der Waals surface area contributed by atoms with Gasteiger partial charge in [0.1, 0.15) is 6.33 Å². The molecule has 0 saturated carbocycles. The van der Waals surface area contributed by atoms with Crippen molar-refractivity contribution < 1.29 is 4.79 Å². The molecule has 150 valence electrons. The zero-order valence-electron chi connectivity index (χ0n) is 17.3. The third kappa shape index (κ3) is 5.18. The number of pyridine rings is 1. The molecule has 0 atom stereocenters. The molecule has 6 heteroatoms. The average Bonchev–Trinajstić information content (AvgIpc) is 2.67. The Labute approximate surface area is 176 Å². The van der Waals surface area contributed by atoms with Gasteiger partial charge in [0.05, 0.1) is 17.1 Å². The quantitative estimate of drug-likeness (QED) is 0.617. The molecule has 0 aliphatic rings. The number of carbonyl (C=O) groups is 1. The van der Waals surface area contributed by atoms with Crippen LogP contribution in [0.1, 0.15) is 56.6 Å². The predicted molar refractivity (Wildman–Crippen MR) is 117 cm³/mol. The van der Waals surface area contributed by atoms with Gasteiger partial charge >= 0.3 is 0 Å². The van der Waals surface area contributed by atoms with Gasteiger partial charge in [-0.1, -0.05) is 37.6 Å². The van der Waals surface area contributed by atoms with Crippen molar-refractivity contribution >= 4 is 17.5 Å². The van der Waals surface area contributed by atoms with Gasteiger partial charge in [-0.05, 0) is 51.0 Å². The Morgan fingerprint density at radius 3 is 2.34 bits per heavy atom. The molecule has 0 unspecified atom stereocenters. The molecule has 1 aromatic carbocycles. The van der Waals surface area contributed by atoms with Crippen LogP contribution < -0.4 is 5.32 Å². The van der Waals surface area contributed by atoms with Crippen LogP contribution in [0.25, 0.3) is 22.5 Å². The minimum atomic E-state index is -0.347. The van der Waals surface area contributed by atoms with Crippen molar-refractivity contribution in [1.29, 1.82) is 0 Å². The number of hydrogen-bond donors (Lipinski definition) is 1. The Kier molecular flexibility index (Phi) is 5.99. The van der Waals surface area contributed by atoms with Gasteiger partial charge in [0.15, 0.2) is 0 Å². The highest BCUT2D eigenvalue weighted by Crippen LogP contribution is 2.29. The Morgan fingerprint density at radius 1 is 1.07 bits per heavy atom. The standard InChI is InChI=1S/C23H25ClN4O/c1-14(2)21-18(12-25-13-26-21)20-11-16(22(29)28-23(3,4)5)10-19(27-20)15-6-8-17(24)9-7-15/h6-14H,1-5H3,(H,28,29). The van der Waals surface area contributed by atoms with E-state index in [1.165, 1.54) is 6.33 Å². The van der Waals surface area contributed by atoms with Crippen molar-refractivity contribution in [1.82, 2.24) is 20.3 Å². The molecule has 0 bridgehead atoms. The molecule has 1 N–H and O–H groups in total. The fraction of sp³-hybridized carbons (Fsp3) is 0.304. The predicted octanol–water partition coefficient (Wildman–Crippen LogP) is 5.51. The second kappa shape index (κ2) is 8.29. The van der Waals surface area contributed by atoms with E-state index in [9.17, 15) is 4.79 Å². The van der Waals surface area contributed by atoms with Crippen molar-refractivity contribution in [3.05, 3.63) is 65.2 Å². The summed E-state index contributed by atoms with van der Waals surface area (Å²) in [5.41, 5.74) is 4.14. The van der Waals surface area contributed by atoms with Crippen molar-refractivity contribution in [3.8, 4) is 22.5 Å². The van der Waals surface area contributed by atoms with Gasteiger partial charge in [0.2, 0.25) is 0 Å². The van der Waals surface area contributed by atoms with Crippen LogP contribution in [-0.2, 0) is 0 Å². The van der Waals surface area contributed by atoms with E-state index in [0.717, 1.165) is 16.8 Å². The summed E-state index contributed by atoms with van der Waals surface area (Å²) in [6.07, 6.45) is 3.29. The molecule has 3 aromatic rings. The summed E-state index contributed by atoms with van der Waals surface area (Å²) in [6, 6.07) is 11.0. The highest BCUT2D eigenvalue weighted by molar-refractivity contribution is 6.30. The Hall–Kier alpha value is -2.79. The van der Waals surface area contributed by atoms with E-state index < -0.39 is 0 Å². The first-order valence-electron chi connectivity index (χ1n) is 9.55. The number of rotatable bonds is 4. The number of hydrogen-bond acceptors (Lipinski definition) is 4. The zero-order valence-corrected chi connectivity index (χ0v) is 18.1. The number of aromatic nitrogens is 3. The topological polar surface area (TPSA) is 67.8 Å². The molecule has 3 rings (SSSR count). The lowest BCUT2D eigenvalue weighted by molar-refractivity contribution is 0.0919. The van der Waals surface area contributed by atoms with Crippen LogP contribution in [0.5, 0.6) is 0 Å². The summed E-state index contributed by atoms with van der Waals surface area (Å²) >= 11 is 6.04. The highest BCUT2D eigenvalue weighted by Gasteiger charge is 2.19. The summed E-state index contributed by atoms with van der Waals surface area (Å²) in [7, 11) is 0. The summed E-state index contributed by atoms with van der Waals surface area (Å²) in [5, 5.41) is 3.67. The monoisotopic (exact) mass is 408 g/mol. The molecule has 29 heavy (non-hydrogen) atoms. The summed E-state index contributed by atoms with van der Waals surface area (Å²) in [6.45, 7) is 10.0. The van der Waals surface area contributed by atoms with Crippen molar-refractivity contribution in [2.75, 3.05) is 0 Å². The van der Waals surface area contributed by atoms with Crippen LogP contribution in [0.3, 0.4) is 0 Å². The lowest BCUT2D eigenvalue weighted by Crippen LogP contribution is -2.40. The first-order chi connectivity index (χ1) is 13.6. The minimum Gasteiger partial charge on any atom is -0.347 e. The molecule has 5 nitrogen and oxygen atoms in total. The summed E-state index contributed by atoms with van der Waals surface area (Å²) in [4.78, 5) is 26.3. The minimum absolute atomic E-state index is 0.153. The lowest BCUT2D eigenvalue weighted by atomic mass is 9.99. The lowest BCUT2D eigenvalue weighted by Gasteiger charge is -2.21. The molecule has 2 aromatic heterocycles. The van der Waals surface area contributed by atoms with Crippen molar-refractivity contribution in [2.45, 2.75) is 46.1 Å². The largest absolute Gasteiger partial charge is 0.347 e. The summed E-state index contributed by atoms with van der Waals surface area (Å²) < 4.78 is 0. The fourth-order valence-electron chi connectivity index (χ4n) is 2.98. The van der Waals surface area contributed by atoms with Gasteiger partial charge in [-0.15, -0.1) is 0 Å². The zero-order chi connectivity index (χ0) is 21.2. The number of carbonyl (C=O) groups excluding carboxylic acids is 1. The van der Waals surface area contributed by atoms with Crippen molar-refractivity contribution in [2.24, 2.45) is 0 Å². The van der Waals surface area contributed by atoms with E-state index >= 15 is 0 Å². The maximum atomic E-state index is 12.9. The SMILES string of the molecule is CC(C)c1ncncc1-c1cc(C(=O)NC(C)(C)C)cc(-c2ccc(Cl)cc2)n1. The molecule has 0 spiro atoms. The summed E-state index contributed by atoms with van der Waals surface area (Å²) in [5.74, 6) is 0.0418. The van der Waals surface area contributed by atoms with E-state index in [-0.39, 0.29) is 17.4 Å². The van der Waals surface area contributed by atoms with E-state index in [0.29, 0.717) is 22.0 Å². The number of benzene rings is 1. The van der Waals surface area contributed by atoms with E-state index in [4.69, 9.17) is 16.6 Å². The second-order valence-corrected chi connectivity index (χ2v) is 8.75. The van der Waals surface area contributed by atoms with Crippen LogP contribution in [0.2, 0.25) is 5.02 Å². The molecule has 0 aliphatic heterocycles. The molecule has 1 amide bonds. The van der Waals surface area contributed by atoms with Gasteiger partial charge in [-0.2, -0.15) is 0 Å². The normalized spacial score (nSPS) is 11.6. The highest BCUT2D eigenvalue weighted by atomic mass is 35.5. The molecule has 0 radical (unpaired) electrons. The maximum Gasteiger partial charge on any atom is 0.251 e. The number of nitrogens with zero attached hydrogens (tertiary/aromatic N) is 3. The first-order valence-corrected chi connectivity index (χ1v) is 9.92. The second-order valence-electron chi connectivity index (χ2n) is 8.31. The van der Waals surface area contributed by atoms with Crippen molar-refractivity contribution in [3.63, 3.8) is 0 Å². The molecule has 0 saturated heterocycles. The Morgan fingerprint density at radius 2 is 1.72 bits per heavy atom. The number of amides is 1. The molecule has 0 aliphatic carbocycles. The Balaban J connectivity index is 2.18. The van der Waals surface area contributed by atoms with Gasteiger partial charge in [-0.3, -0.25) is 4.79 Å². The third-order valence-corrected chi connectivity index (χ3v) is 4.53. The third-order valence-electron chi connectivity index (χ3n) is 4.28. The van der Waals surface area contributed by atoms with Crippen LogP contribution in [0.4, 0.5) is 0 Å². The fourth-order valence-corrected chi connectivity index (χ4v) is 3.10.